The Morgan fingerprint density at radius 1 is 0.686 bits per heavy atom. The number of nitrogens with zero attached hydrogens (tertiary/aromatic N) is 2. The summed E-state index contributed by atoms with van der Waals surface area (Å²) in [5, 5.41) is 0. The highest BCUT2D eigenvalue weighted by Gasteiger charge is 2.22. The summed E-state index contributed by atoms with van der Waals surface area (Å²) >= 11 is 0. The quantitative estimate of drug-likeness (QED) is 0.135. The smallest absolute Gasteiger partial charge is 0.295 e. The van der Waals surface area contributed by atoms with Gasteiger partial charge in [0.05, 0.1) is 9.79 Å². The molecule has 0 aromatic heterocycles. The van der Waals surface area contributed by atoms with Crippen molar-refractivity contribution in [3.8, 4) is 0 Å². The van der Waals surface area contributed by atoms with Crippen LogP contribution in [-0.4, -0.2) is 62.3 Å². The Labute approximate surface area is 298 Å². The van der Waals surface area contributed by atoms with Crippen molar-refractivity contribution in [2.45, 2.75) is 41.6 Å². The summed E-state index contributed by atoms with van der Waals surface area (Å²) in [6.07, 6.45) is 7.52. The zero-order chi connectivity index (χ0) is 37.0. The molecule has 0 fully saturated rings. The molecular formula is C37H36N2O9S3. The van der Waals surface area contributed by atoms with Crippen molar-refractivity contribution >= 4 is 47.3 Å². The molecule has 0 aliphatic heterocycles. The summed E-state index contributed by atoms with van der Waals surface area (Å²) in [5.74, 6) is 0. The molecular weight excluding hydrogens is 713 g/mol. The third kappa shape index (κ3) is 9.16. The minimum absolute atomic E-state index is 0.187. The Morgan fingerprint density at radius 3 is 1.78 bits per heavy atom. The second-order valence-corrected chi connectivity index (χ2v) is 15.9. The standard InChI is InChI=1S/C37H36N2O9S3/c1-3-38(25-27-9-21-33(22-10-27)49(40,41)42)31-17-13-29(14-18-31)37(35-7-5-6-8-36(35)51(46,47)48)30-15-19-32(20-16-30)39(4-2)26-28-11-23-34(24-12-28)50(43,44)45/h5-24H,3-4,25-26H2,1-2H3,(H2-,40,41,42,43,44,45,46,47,48). The third-order valence-electron chi connectivity index (χ3n) is 8.42. The van der Waals surface area contributed by atoms with Crippen LogP contribution in [0.3, 0.4) is 0 Å². The van der Waals surface area contributed by atoms with Crippen LogP contribution in [0.5, 0.6) is 0 Å². The molecule has 2 N–H and O–H groups in total. The highest BCUT2D eigenvalue weighted by molar-refractivity contribution is 7.86. The number of hydrogen-bond acceptors (Lipinski definition) is 8. The third-order valence-corrected chi connectivity index (χ3v) is 11.0. The predicted molar refractivity (Wildman–Crippen MR) is 194 cm³/mol. The van der Waals surface area contributed by atoms with E-state index < -0.39 is 30.4 Å². The normalized spacial score (nSPS) is 13.4. The van der Waals surface area contributed by atoms with Gasteiger partial charge < -0.3 is 9.45 Å². The fourth-order valence-corrected chi connectivity index (χ4v) is 7.44. The second kappa shape index (κ2) is 15.3. The molecule has 0 unspecified atom stereocenters. The van der Waals surface area contributed by atoms with E-state index in [0.717, 1.165) is 22.5 Å². The van der Waals surface area contributed by atoms with Gasteiger partial charge >= 0.3 is 0 Å². The summed E-state index contributed by atoms with van der Waals surface area (Å²) < 4.78 is 103. The lowest BCUT2D eigenvalue weighted by molar-refractivity contribution is -0.539. The largest absolute Gasteiger partial charge is 0.744 e. The van der Waals surface area contributed by atoms with Gasteiger partial charge in [0.25, 0.3) is 20.2 Å². The van der Waals surface area contributed by atoms with Gasteiger partial charge in [-0.2, -0.15) is 16.8 Å². The molecule has 0 saturated heterocycles. The van der Waals surface area contributed by atoms with Crippen LogP contribution in [0.2, 0.25) is 0 Å². The lowest BCUT2D eigenvalue weighted by atomic mass is 9.90. The average Bonchev–Trinajstić information content (AvgIpc) is 3.10. The van der Waals surface area contributed by atoms with Crippen molar-refractivity contribution in [1.29, 1.82) is 0 Å². The predicted octanol–water partition coefficient (Wildman–Crippen LogP) is 5.71. The first-order valence-corrected chi connectivity index (χ1v) is 20.1. The van der Waals surface area contributed by atoms with Crippen molar-refractivity contribution in [3.05, 3.63) is 149 Å². The zero-order valence-corrected chi connectivity index (χ0v) is 30.2. The van der Waals surface area contributed by atoms with Crippen molar-refractivity contribution in [2.75, 3.05) is 18.0 Å². The Bertz CT molecular complexity index is 2360. The molecule has 5 rings (SSSR count). The van der Waals surface area contributed by atoms with Gasteiger partial charge in [-0.05, 0) is 90.7 Å². The van der Waals surface area contributed by atoms with E-state index in [2.05, 4.69) is 9.48 Å². The lowest BCUT2D eigenvalue weighted by Gasteiger charge is -2.24. The van der Waals surface area contributed by atoms with Gasteiger partial charge in [-0.15, -0.1) is 0 Å². The van der Waals surface area contributed by atoms with E-state index in [0.29, 0.717) is 48.5 Å². The molecule has 1 aliphatic carbocycles. The topological polar surface area (TPSA) is 172 Å². The summed E-state index contributed by atoms with van der Waals surface area (Å²) in [6.45, 7) is 6.09. The van der Waals surface area contributed by atoms with Crippen molar-refractivity contribution in [1.82, 2.24) is 0 Å². The number of anilines is 1. The molecule has 0 amide bonds. The minimum Gasteiger partial charge on any atom is -0.744 e. The first kappa shape index (κ1) is 37.6. The van der Waals surface area contributed by atoms with E-state index in [1.165, 1.54) is 36.4 Å². The number of benzene rings is 4. The Hall–Kier alpha value is -4.70. The molecule has 0 saturated carbocycles. The fraction of sp³-hybridized carbons (Fsp3) is 0.162. The van der Waals surface area contributed by atoms with E-state index >= 15 is 0 Å². The molecule has 0 bridgehead atoms. The highest BCUT2D eigenvalue weighted by Crippen LogP contribution is 2.35. The molecule has 266 valence electrons. The van der Waals surface area contributed by atoms with Crippen molar-refractivity contribution in [2.24, 2.45) is 0 Å². The molecule has 1 aliphatic rings. The first-order chi connectivity index (χ1) is 24.1. The maximum atomic E-state index is 12.5. The number of allylic oxidation sites excluding steroid dienone is 5. The molecule has 0 heterocycles. The van der Waals surface area contributed by atoms with Crippen LogP contribution in [0.25, 0.3) is 5.57 Å². The maximum Gasteiger partial charge on any atom is 0.295 e. The van der Waals surface area contributed by atoms with Gasteiger partial charge in [0.1, 0.15) is 21.6 Å². The molecule has 0 atom stereocenters. The molecule has 14 heteroatoms. The Balaban J connectivity index is 1.51. The molecule has 51 heavy (non-hydrogen) atoms. The number of rotatable bonds is 12. The van der Waals surface area contributed by atoms with E-state index in [-0.39, 0.29) is 14.7 Å². The maximum absolute atomic E-state index is 12.5. The van der Waals surface area contributed by atoms with E-state index in [9.17, 15) is 38.9 Å². The van der Waals surface area contributed by atoms with E-state index in [1.54, 1.807) is 36.4 Å². The van der Waals surface area contributed by atoms with Gasteiger partial charge in [-0.1, -0.05) is 54.6 Å². The SMILES string of the molecule is CCN(Cc1ccc(S(=O)(=O)O)cc1)c1ccc(C(=C2C=CC(=[N+](CC)Cc3ccc(S(=O)(=O)[O-])cc3)C=C2)c2ccccc2S(=O)(=O)O)cc1. The lowest BCUT2D eigenvalue weighted by Crippen LogP contribution is -2.22. The van der Waals surface area contributed by atoms with Crippen LogP contribution in [0.4, 0.5) is 5.69 Å². The fourth-order valence-electron chi connectivity index (χ4n) is 5.79. The highest BCUT2D eigenvalue weighted by atomic mass is 32.2. The van der Waals surface area contributed by atoms with Gasteiger partial charge in [-0.25, -0.2) is 13.0 Å². The van der Waals surface area contributed by atoms with Crippen LogP contribution in [-0.2, 0) is 43.4 Å². The molecule has 4 aromatic rings. The van der Waals surface area contributed by atoms with Crippen LogP contribution in [0, 0.1) is 0 Å². The van der Waals surface area contributed by atoms with Crippen molar-refractivity contribution in [3.63, 3.8) is 0 Å². The monoisotopic (exact) mass is 748 g/mol. The Morgan fingerprint density at radius 2 is 1.25 bits per heavy atom. The summed E-state index contributed by atoms with van der Waals surface area (Å²) in [6, 6.07) is 25.5. The summed E-state index contributed by atoms with van der Waals surface area (Å²) in [5.41, 5.74) is 5.61. The second-order valence-electron chi connectivity index (χ2n) is 11.7. The first-order valence-electron chi connectivity index (χ1n) is 15.8. The van der Waals surface area contributed by atoms with Crippen molar-refractivity contribution < 1.29 is 43.5 Å². The number of hydrogen-bond donors (Lipinski definition) is 2. The molecule has 0 spiro atoms. The Kier molecular flexibility index (Phi) is 11.2. The summed E-state index contributed by atoms with van der Waals surface area (Å²) in [4.78, 5) is 1.35. The van der Waals surface area contributed by atoms with Crippen LogP contribution in [0.15, 0.2) is 142 Å². The van der Waals surface area contributed by atoms with E-state index in [4.69, 9.17) is 0 Å². The van der Waals surface area contributed by atoms with Crippen LogP contribution >= 0.6 is 0 Å². The minimum atomic E-state index is -4.59. The zero-order valence-electron chi connectivity index (χ0n) is 27.7. The molecule has 0 radical (unpaired) electrons. The van der Waals surface area contributed by atoms with Crippen LogP contribution < -0.4 is 4.90 Å². The summed E-state index contributed by atoms with van der Waals surface area (Å²) in [7, 11) is -13.4. The molecule has 11 nitrogen and oxygen atoms in total. The van der Waals surface area contributed by atoms with Gasteiger partial charge in [0.2, 0.25) is 0 Å². The van der Waals surface area contributed by atoms with Gasteiger partial charge in [-0.3, -0.25) is 9.11 Å². The average molecular weight is 749 g/mol. The van der Waals surface area contributed by atoms with Gasteiger partial charge in [0.15, 0.2) is 12.3 Å². The van der Waals surface area contributed by atoms with E-state index in [1.807, 2.05) is 62.4 Å². The molecule has 4 aromatic carbocycles. The van der Waals surface area contributed by atoms with Crippen LogP contribution in [0.1, 0.15) is 36.1 Å². The van der Waals surface area contributed by atoms with Gasteiger partial charge in [0, 0.05) is 42.1 Å².